The number of nitrogens with zero attached hydrogens (tertiary/aromatic N) is 1. The van der Waals surface area contributed by atoms with Crippen molar-refractivity contribution in [3.63, 3.8) is 0 Å². The maximum absolute atomic E-state index is 8.89. The molecule has 0 aromatic heterocycles. The quantitative estimate of drug-likeness (QED) is 0.483. The minimum atomic E-state index is -1.08. The number of rotatable bonds is 9. The Balaban J connectivity index is 0.000000885. The van der Waals surface area contributed by atoms with Crippen LogP contribution in [0.5, 0.6) is 0 Å². The molecule has 1 aliphatic rings. The zero-order chi connectivity index (χ0) is 16.0. The van der Waals surface area contributed by atoms with E-state index in [0.29, 0.717) is 0 Å². The Bertz CT molecular complexity index is 244. The Labute approximate surface area is 132 Å². The third-order valence-electron chi connectivity index (χ3n) is 4.49. The molecule has 21 heavy (non-hydrogen) atoms. The molecule has 0 saturated carbocycles. The number of aliphatic carboxylic acids is 1. The van der Waals surface area contributed by atoms with Crippen molar-refractivity contribution < 1.29 is 14.4 Å². The molecule has 0 N–H and O–H groups in total. The number of piperidine rings is 1. The molecule has 1 rings (SSSR count). The lowest BCUT2D eigenvalue weighted by atomic mass is 10.0. The Morgan fingerprint density at radius 3 is 1.86 bits per heavy atom. The van der Waals surface area contributed by atoms with Gasteiger partial charge in [0.15, 0.2) is 0 Å². The van der Waals surface area contributed by atoms with Crippen molar-refractivity contribution >= 4 is 5.97 Å². The van der Waals surface area contributed by atoms with Gasteiger partial charge in [-0.3, -0.25) is 0 Å². The highest BCUT2D eigenvalue weighted by Crippen LogP contribution is 2.21. The van der Waals surface area contributed by atoms with Gasteiger partial charge in [0, 0.05) is 5.97 Å². The lowest BCUT2D eigenvalue weighted by molar-refractivity contribution is -0.932. The van der Waals surface area contributed by atoms with E-state index in [-0.39, 0.29) is 0 Å². The molecule has 0 aromatic rings. The first-order valence-corrected chi connectivity index (χ1v) is 9.09. The summed E-state index contributed by atoms with van der Waals surface area (Å²) >= 11 is 0. The van der Waals surface area contributed by atoms with Crippen molar-refractivity contribution in [2.75, 3.05) is 26.2 Å². The molecule has 1 saturated heterocycles. The average molecular weight is 299 g/mol. The normalized spacial score (nSPS) is 16.9. The Morgan fingerprint density at radius 1 is 0.857 bits per heavy atom. The highest BCUT2D eigenvalue weighted by atomic mass is 16.4. The summed E-state index contributed by atoms with van der Waals surface area (Å²) in [7, 11) is 0. The maximum Gasteiger partial charge on any atom is 0.0786 e. The van der Waals surface area contributed by atoms with Gasteiger partial charge in [0.2, 0.25) is 0 Å². The molecule has 3 nitrogen and oxygen atoms in total. The predicted molar refractivity (Wildman–Crippen MR) is 87.9 cm³/mol. The predicted octanol–water partition coefficient (Wildman–Crippen LogP) is 3.51. The molecule has 126 valence electrons. The first kappa shape index (κ1) is 20.4. The van der Waals surface area contributed by atoms with Crippen LogP contribution in [0, 0.1) is 0 Å². The first-order chi connectivity index (χ1) is 10.1. The van der Waals surface area contributed by atoms with E-state index in [2.05, 4.69) is 13.8 Å². The number of carbonyl (C=O) groups is 1. The van der Waals surface area contributed by atoms with Crippen molar-refractivity contribution in [1.82, 2.24) is 0 Å². The van der Waals surface area contributed by atoms with Gasteiger partial charge in [-0.25, -0.2) is 0 Å². The number of hydrogen-bond donors (Lipinski definition) is 0. The van der Waals surface area contributed by atoms with Crippen LogP contribution < -0.4 is 5.11 Å². The van der Waals surface area contributed by atoms with Crippen molar-refractivity contribution in [3.05, 3.63) is 0 Å². The fourth-order valence-electron chi connectivity index (χ4n) is 3.29. The van der Waals surface area contributed by atoms with Crippen LogP contribution in [0.15, 0.2) is 0 Å². The zero-order valence-electron chi connectivity index (χ0n) is 14.7. The number of likely N-dealkylation sites (tertiary alicyclic amines) is 1. The average Bonchev–Trinajstić information content (AvgIpc) is 2.45. The van der Waals surface area contributed by atoms with Gasteiger partial charge >= 0.3 is 0 Å². The van der Waals surface area contributed by atoms with Crippen LogP contribution in [0.25, 0.3) is 0 Å². The van der Waals surface area contributed by atoms with Crippen molar-refractivity contribution in [2.45, 2.75) is 85.0 Å². The largest absolute Gasteiger partial charge is 0.550 e. The van der Waals surface area contributed by atoms with E-state index in [0.717, 1.165) is 6.92 Å². The van der Waals surface area contributed by atoms with Gasteiger partial charge in [0.1, 0.15) is 0 Å². The van der Waals surface area contributed by atoms with Gasteiger partial charge < -0.3 is 14.4 Å². The monoisotopic (exact) mass is 299 g/mol. The summed E-state index contributed by atoms with van der Waals surface area (Å²) in [6, 6.07) is 0. The molecular formula is C18H37NO2. The van der Waals surface area contributed by atoms with Crippen LogP contribution in [0.1, 0.15) is 85.0 Å². The molecule has 0 radical (unpaired) electrons. The lowest BCUT2D eigenvalue weighted by Gasteiger charge is -2.42. The molecule has 0 atom stereocenters. The minimum Gasteiger partial charge on any atom is -0.550 e. The number of unbranched alkanes of at least 4 members (excludes halogenated alkanes) is 5. The Kier molecular flexibility index (Phi) is 12.8. The minimum absolute atomic E-state index is 0.972. The third kappa shape index (κ3) is 11.7. The Hall–Kier alpha value is -0.570. The van der Waals surface area contributed by atoms with Crippen LogP contribution in [0.3, 0.4) is 0 Å². The summed E-state index contributed by atoms with van der Waals surface area (Å²) in [6.45, 7) is 11.5. The first-order valence-electron chi connectivity index (χ1n) is 9.09. The number of carboxylic acids is 1. The van der Waals surface area contributed by atoms with Crippen molar-refractivity contribution in [3.8, 4) is 0 Å². The molecule has 0 amide bonds. The molecule has 0 spiro atoms. The van der Waals surface area contributed by atoms with Crippen molar-refractivity contribution in [2.24, 2.45) is 0 Å². The van der Waals surface area contributed by atoms with Gasteiger partial charge in [-0.15, -0.1) is 0 Å². The summed E-state index contributed by atoms with van der Waals surface area (Å²) in [6.07, 6.45) is 14.5. The molecule has 1 aliphatic heterocycles. The fourth-order valence-corrected chi connectivity index (χ4v) is 3.29. The summed E-state index contributed by atoms with van der Waals surface area (Å²) in [5.41, 5.74) is 0. The van der Waals surface area contributed by atoms with Gasteiger partial charge in [-0.1, -0.05) is 39.5 Å². The van der Waals surface area contributed by atoms with E-state index in [1.54, 1.807) is 0 Å². The second kappa shape index (κ2) is 13.1. The highest BCUT2D eigenvalue weighted by molar-refractivity contribution is 5.60. The van der Waals surface area contributed by atoms with Crippen LogP contribution in [0.4, 0.5) is 0 Å². The van der Waals surface area contributed by atoms with Crippen LogP contribution in [-0.4, -0.2) is 36.6 Å². The van der Waals surface area contributed by atoms with E-state index in [1.807, 2.05) is 0 Å². The molecule has 0 aromatic carbocycles. The summed E-state index contributed by atoms with van der Waals surface area (Å²) in [4.78, 5) is 8.89. The standard InChI is InChI=1S/C16H34N.C2H4O2/c1-3-5-7-8-10-14-17(13-6-4-2)15-11-9-12-16-17;1-2(3)4/h3-16H2,1-2H3;1H3,(H,3,4)/q+1;/p-1. The van der Waals surface area contributed by atoms with Crippen LogP contribution >= 0.6 is 0 Å². The molecule has 1 fully saturated rings. The highest BCUT2D eigenvalue weighted by Gasteiger charge is 2.28. The second-order valence-corrected chi connectivity index (χ2v) is 6.56. The van der Waals surface area contributed by atoms with E-state index < -0.39 is 5.97 Å². The van der Waals surface area contributed by atoms with Crippen LogP contribution in [-0.2, 0) is 4.79 Å². The van der Waals surface area contributed by atoms with Gasteiger partial charge in [0.25, 0.3) is 0 Å². The number of hydrogen-bond acceptors (Lipinski definition) is 2. The van der Waals surface area contributed by atoms with Gasteiger partial charge in [0.05, 0.1) is 26.2 Å². The smallest absolute Gasteiger partial charge is 0.0786 e. The number of carbonyl (C=O) groups excluding carboxylic acids is 1. The van der Waals surface area contributed by atoms with Gasteiger partial charge in [-0.05, 0) is 45.4 Å². The summed E-state index contributed by atoms with van der Waals surface area (Å²) < 4.78 is 1.47. The third-order valence-corrected chi connectivity index (χ3v) is 4.49. The van der Waals surface area contributed by atoms with E-state index in [9.17, 15) is 0 Å². The van der Waals surface area contributed by atoms with Crippen molar-refractivity contribution in [1.29, 1.82) is 0 Å². The number of carboxylic acid groups (broad SMARTS) is 1. The molecule has 0 bridgehead atoms. The van der Waals surface area contributed by atoms with E-state index in [1.165, 1.54) is 94.9 Å². The molecule has 3 heteroatoms. The Morgan fingerprint density at radius 2 is 1.33 bits per heavy atom. The molecule has 1 heterocycles. The molecule has 0 unspecified atom stereocenters. The number of quaternary nitrogens is 1. The lowest BCUT2D eigenvalue weighted by Crippen LogP contribution is -2.52. The zero-order valence-corrected chi connectivity index (χ0v) is 14.7. The maximum atomic E-state index is 8.89. The summed E-state index contributed by atoms with van der Waals surface area (Å²) in [5.74, 6) is -1.08. The topological polar surface area (TPSA) is 40.1 Å². The van der Waals surface area contributed by atoms with E-state index >= 15 is 0 Å². The molecule has 0 aliphatic carbocycles. The summed E-state index contributed by atoms with van der Waals surface area (Å²) in [5, 5.41) is 8.89. The second-order valence-electron chi connectivity index (χ2n) is 6.56. The fraction of sp³-hybridized carbons (Fsp3) is 0.944. The van der Waals surface area contributed by atoms with Gasteiger partial charge in [-0.2, -0.15) is 0 Å². The van der Waals surface area contributed by atoms with E-state index in [4.69, 9.17) is 9.90 Å². The molecular weight excluding hydrogens is 262 g/mol. The van der Waals surface area contributed by atoms with Crippen LogP contribution in [0.2, 0.25) is 0 Å². The SMILES string of the molecule is CC(=O)[O-].CCCCCCC[N+]1(CCCC)CCCCC1.